The second kappa shape index (κ2) is 5.23. The van der Waals surface area contributed by atoms with E-state index in [9.17, 15) is 4.79 Å². The van der Waals surface area contributed by atoms with Crippen LogP contribution in [0, 0.1) is 5.92 Å². The Bertz CT molecular complexity index is 545. The Labute approximate surface area is 107 Å². The van der Waals surface area contributed by atoms with Gasteiger partial charge in [0.25, 0.3) is 5.91 Å². The van der Waals surface area contributed by atoms with Gasteiger partial charge in [0.15, 0.2) is 0 Å². The summed E-state index contributed by atoms with van der Waals surface area (Å²) >= 11 is 0. The molecule has 0 radical (unpaired) electrons. The molecule has 96 valence electrons. The average Bonchev–Trinajstić information content (AvgIpc) is 2.79. The average molecular weight is 245 g/mol. The third-order valence-electron chi connectivity index (χ3n) is 3.21. The molecule has 0 bridgehead atoms. The lowest BCUT2D eigenvalue weighted by molar-refractivity contribution is 0.0929. The second-order valence-electron chi connectivity index (χ2n) is 4.81. The van der Waals surface area contributed by atoms with Crippen LogP contribution in [0.15, 0.2) is 30.5 Å². The molecule has 1 heterocycles. The number of rotatable bonds is 4. The maximum Gasteiger partial charge on any atom is 0.253 e. The molecule has 0 saturated carbocycles. The molecule has 0 fully saturated rings. The van der Waals surface area contributed by atoms with Gasteiger partial charge in [-0.1, -0.05) is 32.0 Å². The number of para-hydroxylation sites is 1. The first kappa shape index (κ1) is 12.6. The lowest BCUT2D eigenvalue weighted by atomic mass is 10.0. The minimum Gasteiger partial charge on any atom is -0.360 e. The van der Waals surface area contributed by atoms with E-state index in [2.05, 4.69) is 10.3 Å². The molecule has 1 aromatic carbocycles. The first-order chi connectivity index (χ1) is 8.63. The van der Waals surface area contributed by atoms with E-state index >= 15 is 0 Å². The highest BCUT2D eigenvalue weighted by Gasteiger charge is 2.17. The van der Waals surface area contributed by atoms with Gasteiger partial charge in [-0.3, -0.25) is 4.79 Å². The van der Waals surface area contributed by atoms with Crippen molar-refractivity contribution in [2.24, 2.45) is 11.7 Å². The number of H-pyrrole nitrogens is 1. The molecule has 0 aliphatic carbocycles. The Morgan fingerprint density at radius 1 is 1.39 bits per heavy atom. The van der Waals surface area contributed by atoms with Gasteiger partial charge in [0.05, 0.1) is 5.56 Å². The van der Waals surface area contributed by atoms with Crippen LogP contribution in [0.3, 0.4) is 0 Å². The molecule has 0 spiro atoms. The zero-order valence-electron chi connectivity index (χ0n) is 10.7. The van der Waals surface area contributed by atoms with Crippen molar-refractivity contribution in [1.29, 1.82) is 0 Å². The summed E-state index contributed by atoms with van der Waals surface area (Å²) in [5, 5.41) is 3.92. The highest BCUT2D eigenvalue weighted by atomic mass is 16.1. The third-order valence-corrected chi connectivity index (χ3v) is 3.21. The van der Waals surface area contributed by atoms with Crippen LogP contribution in [0.1, 0.15) is 24.2 Å². The standard InChI is InChI=1S/C14H19N3O/c1-9(2)13(7-15)17-14(18)11-8-16-12-6-4-3-5-10(11)12/h3-6,8-9,13,16H,7,15H2,1-2H3,(H,17,18). The number of carbonyl (C=O) groups excluding carboxylic acids is 1. The molecule has 2 rings (SSSR count). The van der Waals surface area contributed by atoms with Crippen LogP contribution < -0.4 is 11.1 Å². The van der Waals surface area contributed by atoms with E-state index in [0.717, 1.165) is 10.9 Å². The number of fused-ring (bicyclic) bond motifs is 1. The number of hydrogen-bond acceptors (Lipinski definition) is 2. The summed E-state index contributed by atoms with van der Waals surface area (Å²) in [6.07, 6.45) is 1.74. The van der Waals surface area contributed by atoms with Gasteiger partial charge in [0.2, 0.25) is 0 Å². The van der Waals surface area contributed by atoms with Gasteiger partial charge in [0.1, 0.15) is 0 Å². The largest absolute Gasteiger partial charge is 0.360 e. The Balaban J connectivity index is 2.23. The van der Waals surface area contributed by atoms with Crippen LogP contribution >= 0.6 is 0 Å². The fourth-order valence-corrected chi connectivity index (χ4v) is 2.00. The first-order valence-corrected chi connectivity index (χ1v) is 6.20. The number of aromatic amines is 1. The van der Waals surface area contributed by atoms with Gasteiger partial charge in [-0.2, -0.15) is 0 Å². The number of hydrogen-bond donors (Lipinski definition) is 3. The van der Waals surface area contributed by atoms with E-state index in [-0.39, 0.29) is 11.9 Å². The van der Waals surface area contributed by atoms with E-state index in [1.807, 2.05) is 38.1 Å². The summed E-state index contributed by atoms with van der Waals surface area (Å²) in [4.78, 5) is 15.3. The summed E-state index contributed by atoms with van der Waals surface area (Å²) in [5.41, 5.74) is 7.31. The number of amides is 1. The fraction of sp³-hybridized carbons (Fsp3) is 0.357. The van der Waals surface area contributed by atoms with Crippen LogP contribution in [0.25, 0.3) is 10.9 Å². The summed E-state index contributed by atoms with van der Waals surface area (Å²) in [6.45, 7) is 4.55. The molecule has 18 heavy (non-hydrogen) atoms. The Kier molecular flexibility index (Phi) is 3.67. The molecular weight excluding hydrogens is 226 g/mol. The van der Waals surface area contributed by atoms with Gasteiger partial charge < -0.3 is 16.0 Å². The molecule has 4 N–H and O–H groups in total. The zero-order valence-corrected chi connectivity index (χ0v) is 10.7. The van der Waals surface area contributed by atoms with Crippen molar-refractivity contribution in [3.8, 4) is 0 Å². The van der Waals surface area contributed by atoms with Crippen molar-refractivity contribution < 1.29 is 4.79 Å². The third kappa shape index (κ3) is 2.38. The number of benzene rings is 1. The zero-order chi connectivity index (χ0) is 13.1. The van der Waals surface area contributed by atoms with Crippen molar-refractivity contribution >= 4 is 16.8 Å². The summed E-state index contributed by atoms with van der Waals surface area (Å²) < 4.78 is 0. The molecule has 0 aliphatic heterocycles. The van der Waals surface area contributed by atoms with Crippen LogP contribution in [0.2, 0.25) is 0 Å². The van der Waals surface area contributed by atoms with Gasteiger partial charge in [-0.05, 0) is 12.0 Å². The smallest absolute Gasteiger partial charge is 0.253 e. The Morgan fingerprint density at radius 3 is 2.78 bits per heavy atom. The van der Waals surface area contributed by atoms with Gasteiger partial charge in [-0.25, -0.2) is 0 Å². The molecule has 1 amide bonds. The number of aromatic nitrogens is 1. The van der Waals surface area contributed by atoms with Gasteiger partial charge >= 0.3 is 0 Å². The highest BCUT2D eigenvalue weighted by molar-refractivity contribution is 6.06. The highest BCUT2D eigenvalue weighted by Crippen LogP contribution is 2.17. The minimum atomic E-state index is -0.0726. The monoisotopic (exact) mass is 245 g/mol. The molecule has 4 nitrogen and oxygen atoms in total. The minimum absolute atomic E-state index is 0.00571. The lowest BCUT2D eigenvalue weighted by Crippen LogP contribution is -2.43. The van der Waals surface area contributed by atoms with E-state index in [4.69, 9.17) is 5.73 Å². The molecule has 0 aliphatic rings. The summed E-state index contributed by atoms with van der Waals surface area (Å²) in [6, 6.07) is 7.77. The Morgan fingerprint density at radius 2 is 2.11 bits per heavy atom. The normalized spacial score (nSPS) is 12.9. The van der Waals surface area contributed by atoms with Gasteiger partial charge in [-0.15, -0.1) is 0 Å². The van der Waals surface area contributed by atoms with Crippen molar-refractivity contribution in [3.05, 3.63) is 36.0 Å². The van der Waals surface area contributed by atoms with Crippen molar-refractivity contribution in [3.63, 3.8) is 0 Å². The predicted molar refractivity (Wildman–Crippen MR) is 73.4 cm³/mol. The number of nitrogens with one attached hydrogen (secondary N) is 2. The van der Waals surface area contributed by atoms with Crippen molar-refractivity contribution in [1.82, 2.24) is 10.3 Å². The quantitative estimate of drug-likeness (QED) is 0.769. The van der Waals surface area contributed by atoms with Crippen molar-refractivity contribution in [2.45, 2.75) is 19.9 Å². The molecular formula is C14H19N3O. The molecule has 4 heteroatoms. The van der Waals surface area contributed by atoms with E-state index in [1.54, 1.807) is 6.20 Å². The summed E-state index contributed by atoms with van der Waals surface area (Å²) in [5.74, 6) is 0.251. The second-order valence-corrected chi connectivity index (χ2v) is 4.81. The molecule has 0 saturated heterocycles. The molecule has 1 aromatic heterocycles. The van der Waals surface area contributed by atoms with Crippen LogP contribution in [-0.2, 0) is 0 Å². The molecule has 1 atom stereocenters. The molecule has 1 unspecified atom stereocenters. The van der Waals surface area contributed by atoms with E-state index < -0.39 is 0 Å². The lowest BCUT2D eigenvalue weighted by Gasteiger charge is -2.20. The topological polar surface area (TPSA) is 70.9 Å². The SMILES string of the molecule is CC(C)C(CN)NC(=O)c1c[nH]c2ccccc12. The number of carbonyl (C=O) groups is 1. The van der Waals surface area contributed by atoms with Crippen molar-refractivity contribution in [2.75, 3.05) is 6.54 Å². The molecule has 2 aromatic rings. The maximum atomic E-state index is 12.2. The van der Waals surface area contributed by atoms with E-state index in [0.29, 0.717) is 18.0 Å². The Hall–Kier alpha value is -1.81. The fourth-order valence-electron chi connectivity index (χ4n) is 2.00. The predicted octanol–water partition coefficient (Wildman–Crippen LogP) is 1.88. The van der Waals surface area contributed by atoms with Gasteiger partial charge in [0, 0.05) is 29.7 Å². The number of nitrogens with two attached hydrogens (primary N) is 1. The van der Waals surface area contributed by atoms with Crippen LogP contribution in [0.5, 0.6) is 0 Å². The van der Waals surface area contributed by atoms with E-state index in [1.165, 1.54) is 0 Å². The summed E-state index contributed by atoms with van der Waals surface area (Å²) in [7, 11) is 0. The van der Waals surface area contributed by atoms with Crippen LogP contribution in [-0.4, -0.2) is 23.5 Å². The first-order valence-electron chi connectivity index (χ1n) is 6.20. The maximum absolute atomic E-state index is 12.2. The van der Waals surface area contributed by atoms with Crippen LogP contribution in [0.4, 0.5) is 0 Å².